The number of fused-ring (bicyclic) bond motifs is 2. The van der Waals surface area contributed by atoms with E-state index in [1.54, 1.807) is 0 Å². The van der Waals surface area contributed by atoms with Gasteiger partial charge in [-0.3, -0.25) is 4.79 Å². The first kappa shape index (κ1) is 16.3. The average Bonchev–Trinajstić information content (AvgIpc) is 2.73. The summed E-state index contributed by atoms with van der Waals surface area (Å²) < 4.78 is 0. The highest BCUT2D eigenvalue weighted by atomic mass is 16.1. The number of carbonyl (C=O) groups excluding carboxylic acids is 1. The van der Waals surface area contributed by atoms with Crippen molar-refractivity contribution in [3.8, 4) is 0 Å². The fourth-order valence-electron chi connectivity index (χ4n) is 4.60. The molecule has 0 atom stereocenters. The monoisotopic (exact) mass is 350 g/mol. The minimum absolute atomic E-state index is 0.244. The smallest absolute Gasteiger partial charge is 0.186 e. The zero-order chi connectivity index (χ0) is 18.2. The Balaban J connectivity index is 1.66. The molecule has 0 aliphatic heterocycles. The summed E-state index contributed by atoms with van der Waals surface area (Å²) in [4.78, 5) is 13.6. The third kappa shape index (κ3) is 2.75. The lowest BCUT2D eigenvalue weighted by Gasteiger charge is -2.25. The van der Waals surface area contributed by atoms with Gasteiger partial charge in [0.05, 0.1) is 0 Å². The number of rotatable bonds is 0. The van der Waals surface area contributed by atoms with Crippen LogP contribution in [0.1, 0.15) is 41.5 Å². The van der Waals surface area contributed by atoms with Crippen molar-refractivity contribution in [1.29, 1.82) is 0 Å². The predicted molar refractivity (Wildman–Crippen MR) is 111 cm³/mol. The molecule has 2 aromatic rings. The van der Waals surface area contributed by atoms with Gasteiger partial charge in [-0.05, 0) is 65.5 Å². The van der Waals surface area contributed by atoms with Crippen LogP contribution in [-0.2, 0) is 17.6 Å². The van der Waals surface area contributed by atoms with Crippen molar-refractivity contribution in [1.82, 2.24) is 0 Å². The number of ketones is 1. The van der Waals surface area contributed by atoms with Gasteiger partial charge in [0, 0.05) is 11.1 Å². The molecule has 0 radical (unpaired) electrons. The minimum Gasteiger partial charge on any atom is -0.289 e. The molecule has 3 aliphatic rings. The van der Waals surface area contributed by atoms with Gasteiger partial charge in [0.2, 0.25) is 0 Å². The third-order valence-electron chi connectivity index (χ3n) is 5.91. The topological polar surface area (TPSA) is 17.1 Å². The minimum atomic E-state index is 0.244. The molecule has 0 bridgehead atoms. The third-order valence-corrected chi connectivity index (χ3v) is 5.91. The van der Waals surface area contributed by atoms with Crippen molar-refractivity contribution < 1.29 is 4.79 Å². The fraction of sp³-hybridized carbons (Fsp3) is 0.192. The van der Waals surface area contributed by atoms with E-state index in [2.05, 4.69) is 72.8 Å². The van der Waals surface area contributed by atoms with E-state index in [4.69, 9.17) is 0 Å². The molecule has 0 heterocycles. The summed E-state index contributed by atoms with van der Waals surface area (Å²) in [5.74, 6) is 0.244. The SMILES string of the molecule is O=C1C(=C2C=CCc3ccccc32)CCCC1=C1C=CCc2ccccc21. The number of hydrogen-bond donors (Lipinski definition) is 0. The lowest BCUT2D eigenvalue weighted by Crippen LogP contribution is -2.17. The summed E-state index contributed by atoms with van der Waals surface area (Å²) in [7, 11) is 0. The van der Waals surface area contributed by atoms with Gasteiger partial charge in [0.25, 0.3) is 0 Å². The zero-order valence-corrected chi connectivity index (χ0v) is 15.4. The number of allylic oxidation sites excluding steroid dienone is 8. The van der Waals surface area contributed by atoms with E-state index in [1.165, 1.54) is 22.3 Å². The van der Waals surface area contributed by atoms with Crippen LogP contribution in [0.25, 0.3) is 11.1 Å². The second-order valence-corrected chi connectivity index (χ2v) is 7.49. The first-order valence-electron chi connectivity index (χ1n) is 9.83. The van der Waals surface area contributed by atoms with Crippen LogP contribution in [0.4, 0.5) is 0 Å². The highest BCUT2D eigenvalue weighted by molar-refractivity contribution is 6.19. The highest BCUT2D eigenvalue weighted by Crippen LogP contribution is 2.39. The van der Waals surface area contributed by atoms with Crippen LogP contribution in [0.2, 0.25) is 0 Å². The van der Waals surface area contributed by atoms with E-state index < -0.39 is 0 Å². The molecule has 0 spiro atoms. The number of benzene rings is 2. The molecule has 27 heavy (non-hydrogen) atoms. The molecule has 1 fully saturated rings. The maximum absolute atomic E-state index is 13.6. The summed E-state index contributed by atoms with van der Waals surface area (Å²) in [6.45, 7) is 0. The first-order chi connectivity index (χ1) is 13.3. The van der Waals surface area contributed by atoms with Gasteiger partial charge >= 0.3 is 0 Å². The first-order valence-corrected chi connectivity index (χ1v) is 9.83. The molecule has 3 aliphatic carbocycles. The van der Waals surface area contributed by atoms with E-state index >= 15 is 0 Å². The van der Waals surface area contributed by atoms with Gasteiger partial charge in [-0.25, -0.2) is 0 Å². The van der Waals surface area contributed by atoms with Gasteiger partial charge in [0.1, 0.15) is 0 Å². The second-order valence-electron chi connectivity index (χ2n) is 7.49. The average molecular weight is 350 g/mol. The summed E-state index contributed by atoms with van der Waals surface area (Å²) in [5.41, 5.74) is 9.34. The van der Waals surface area contributed by atoms with Crippen LogP contribution in [-0.4, -0.2) is 5.78 Å². The van der Waals surface area contributed by atoms with Crippen LogP contribution in [0.15, 0.2) is 84.0 Å². The fourth-order valence-corrected chi connectivity index (χ4v) is 4.60. The number of hydrogen-bond acceptors (Lipinski definition) is 1. The maximum Gasteiger partial charge on any atom is 0.186 e. The Bertz CT molecular complexity index is 976. The van der Waals surface area contributed by atoms with Crippen molar-refractivity contribution in [3.63, 3.8) is 0 Å². The molecule has 0 aromatic heterocycles. The molecule has 132 valence electrons. The van der Waals surface area contributed by atoms with Crippen molar-refractivity contribution in [2.75, 3.05) is 0 Å². The van der Waals surface area contributed by atoms with Gasteiger partial charge in [-0.1, -0.05) is 72.8 Å². The molecule has 1 saturated carbocycles. The van der Waals surface area contributed by atoms with E-state index in [0.717, 1.165) is 54.4 Å². The van der Waals surface area contributed by atoms with Crippen LogP contribution in [0, 0.1) is 0 Å². The van der Waals surface area contributed by atoms with Gasteiger partial charge in [-0.2, -0.15) is 0 Å². The van der Waals surface area contributed by atoms with Crippen LogP contribution >= 0.6 is 0 Å². The van der Waals surface area contributed by atoms with Crippen LogP contribution in [0.5, 0.6) is 0 Å². The number of Topliss-reactive ketones (excluding diaryl/α,β-unsaturated/α-hetero) is 1. The second kappa shape index (κ2) is 6.66. The van der Waals surface area contributed by atoms with Crippen molar-refractivity contribution >= 4 is 16.9 Å². The van der Waals surface area contributed by atoms with Crippen LogP contribution in [0.3, 0.4) is 0 Å². The molecule has 0 N–H and O–H groups in total. The zero-order valence-electron chi connectivity index (χ0n) is 15.4. The normalized spacial score (nSPS) is 23.9. The van der Waals surface area contributed by atoms with Gasteiger partial charge in [-0.15, -0.1) is 0 Å². The van der Waals surface area contributed by atoms with Crippen molar-refractivity contribution in [3.05, 3.63) is 106 Å². The molecule has 0 saturated heterocycles. The van der Waals surface area contributed by atoms with Gasteiger partial charge < -0.3 is 0 Å². The summed E-state index contributed by atoms with van der Waals surface area (Å²) in [6, 6.07) is 17.0. The molecular formula is C26H22O. The Hall–Kier alpha value is -2.93. The largest absolute Gasteiger partial charge is 0.289 e. The molecular weight excluding hydrogens is 328 g/mol. The Morgan fingerprint density at radius 1 is 0.630 bits per heavy atom. The van der Waals surface area contributed by atoms with E-state index in [9.17, 15) is 4.79 Å². The highest BCUT2D eigenvalue weighted by Gasteiger charge is 2.28. The summed E-state index contributed by atoms with van der Waals surface area (Å²) >= 11 is 0. The molecule has 0 amide bonds. The van der Waals surface area contributed by atoms with E-state index in [0.29, 0.717) is 0 Å². The van der Waals surface area contributed by atoms with E-state index in [-0.39, 0.29) is 5.78 Å². The summed E-state index contributed by atoms with van der Waals surface area (Å²) in [5, 5.41) is 0. The molecule has 1 heteroatoms. The van der Waals surface area contributed by atoms with Gasteiger partial charge in [0.15, 0.2) is 5.78 Å². The number of carbonyl (C=O) groups is 1. The quantitative estimate of drug-likeness (QED) is 0.543. The standard InChI is InChI=1S/C26H22O/c27-26-24(22-14-5-10-18-8-1-3-12-20(18)22)16-7-17-25(26)23-15-6-11-19-9-2-4-13-21(19)23/h1-6,8-9,12-15H,7,10-11,16-17H2. The Morgan fingerprint density at radius 2 is 1.11 bits per heavy atom. The Morgan fingerprint density at radius 3 is 1.63 bits per heavy atom. The lowest BCUT2D eigenvalue weighted by molar-refractivity contribution is -0.112. The Kier molecular flexibility index (Phi) is 4.01. The van der Waals surface area contributed by atoms with Crippen LogP contribution < -0.4 is 0 Å². The summed E-state index contributed by atoms with van der Waals surface area (Å²) in [6.07, 6.45) is 13.4. The lowest BCUT2D eigenvalue weighted by atomic mass is 9.78. The molecule has 1 nitrogen and oxygen atoms in total. The molecule has 0 unspecified atom stereocenters. The van der Waals surface area contributed by atoms with E-state index in [1.807, 2.05) is 0 Å². The maximum atomic E-state index is 13.6. The van der Waals surface area contributed by atoms with Crippen molar-refractivity contribution in [2.24, 2.45) is 0 Å². The van der Waals surface area contributed by atoms with Crippen molar-refractivity contribution in [2.45, 2.75) is 32.1 Å². The Labute approximate surface area is 160 Å². The molecule has 2 aromatic carbocycles. The predicted octanol–water partition coefficient (Wildman–Crippen LogP) is 5.87. The molecule has 5 rings (SSSR count).